The van der Waals surface area contributed by atoms with Gasteiger partial charge < -0.3 is 5.11 Å². The van der Waals surface area contributed by atoms with E-state index in [9.17, 15) is 5.11 Å². The average molecular weight is 321 g/mol. The zero-order valence-electron chi connectivity index (χ0n) is 11.4. The molecule has 19 heavy (non-hydrogen) atoms. The molecule has 102 valence electrons. The van der Waals surface area contributed by atoms with Crippen LogP contribution in [-0.2, 0) is 0 Å². The Morgan fingerprint density at radius 3 is 2.16 bits per heavy atom. The molecule has 0 heterocycles. The first-order valence-electron chi connectivity index (χ1n) is 7.61. The molecule has 1 nitrogen and oxygen atoms in total. The Kier molecular flexibility index (Phi) is 2.74. The number of aryl methyl sites for hydroxylation is 1. The van der Waals surface area contributed by atoms with Crippen LogP contribution < -0.4 is 0 Å². The van der Waals surface area contributed by atoms with Crippen LogP contribution in [0.2, 0.25) is 0 Å². The molecule has 4 bridgehead atoms. The zero-order valence-corrected chi connectivity index (χ0v) is 13.0. The van der Waals surface area contributed by atoms with Crippen molar-refractivity contribution in [2.24, 2.45) is 23.7 Å². The van der Waals surface area contributed by atoms with Crippen molar-refractivity contribution in [2.45, 2.75) is 44.9 Å². The molecule has 4 aliphatic carbocycles. The van der Waals surface area contributed by atoms with Crippen molar-refractivity contribution in [1.82, 2.24) is 0 Å². The molecule has 0 aliphatic heterocycles. The lowest BCUT2D eigenvalue weighted by atomic mass is 9.50. The van der Waals surface area contributed by atoms with Crippen molar-refractivity contribution >= 4 is 15.9 Å². The zero-order chi connectivity index (χ0) is 13.1. The van der Waals surface area contributed by atoms with Crippen LogP contribution in [0.4, 0.5) is 0 Å². The van der Waals surface area contributed by atoms with Gasteiger partial charge in [0.2, 0.25) is 0 Å². The lowest BCUT2D eigenvalue weighted by Crippen LogP contribution is -2.43. The highest BCUT2D eigenvalue weighted by molar-refractivity contribution is 9.10. The number of phenolic OH excluding ortho intramolecular Hbond substituents is 1. The Bertz CT molecular complexity index is 494. The molecule has 2 heteroatoms. The number of hydrogen-bond donors (Lipinski definition) is 1. The van der Waals surface area contributed by atoms with E-state index >= 15 is 0 Å². The molecule has 1 N–H and O–H groups in total. The van der Waals surface area contributed by atoms with Gasteiger partial charge >= 0.3 is 0 Å². The molecular weight excluding hydrogens is 300 g/mol. The fourth-order valence-corrected chi connectivity index (χ4v) is 5.74. The first-order valence-corrected chi connectivity index (χ1v) is 8.40. The van der Waals surface area contributed by atoms with Crippen LogP contribution in [0.25, 0.3) is 0 Å². The van der Waals surface area contributed by atoms with Crippen LogP contribution >= 0.6 is 15.9 Å². The second-order valence-corrected chi connectivity index (χ2v) is 7.97. The van der Waals surface area contributed by atoms with Crippen molar-refractivity contribution in [2.75, 3.05) is 0 Å². The lowest BCUT2D eigenvalue weighted by molar-refractivity contribution is -0.00349. The summed E-state index contributed by atoms with van der Waals surface area (Å²) in [5.41, 5.74) is 2.34. The minimum Gasteiger partial charge on any atom is -0.508 e. The highest BCUT2D eigenvalue weighted by atomic mass is 79.9. The Morgan fingerprint density at radius 1 is 1.00 bits per heavy atom. The van der Waals surface area contributed by atoms with Gasteiger partial charge in [0.15, 0.2) is 0 Å². The molecule has 5 rings (SSSR count). The summed E-state index contributed by atoms with van der Waals surface area (Å²) in [6.07, 6.45) is 7.11. The van der Waals surface area contributed by atoms with E-state index in [2.05, 4.69) is 22.0 Å². The predicted octanol–water partition coefficient (Wildman–Crippen LogP) is 5.00. The smallest absolute Gasteiger partial charge is 0.119 e. The number of halogens is 1. The molecule has 1 aromatic carbocycles. The van der Waals surface area contributed by atoms with Gasteiger partial charge in [0.25, 0.3) is 0 Å². The summed E-state index contributed by atoms with van der Waals surface area (Å²) >= 11 is 3.64. The van der Waals surface area contributed by atoms with Gasteiger partial charge in [0, 0.05) is 4.47 Å². The lowest BCUT2D eigenvalue weighted by Gasteiger charge is -2.54. The van der Waals surface area contributed by atoms with Crippen LogP contribution in [0.5, 0.6) is 5.75 Å². The number of hydrogen-bond acceptors (Lipinski definition) is 1. The first kappa shape index (κ1) is 12.3. The fraction of sp³-hybridized carbons (Fsp3) is 0.647. The minimum atomic E-state index is 0.526. The van der Waals surface area contributed by atoms with E-state index < -0.39 is 0 Å². The van der Waals surface area contributed by atoms with Gasteiger partial charge in [0.1, 0.15) is 5.75 Å². The number of phenols is 1. The quantitative estimate of drug-likeness (QED) is 0.771. The van der Waals surface area contributed by atoms with Gasteiger partial charge in [0.05, 0.1) is 0 Å². The topological polar surface area (TPSA) is 20.2 Å². The summed E-state index contributed by atoms with van der Waals surface area (Å²) in [5, 5.41) is 10.4. The van der Waals surface area contributed by atoms with E-state index in [1.54, 1.807) is 0 Å². The Balaban J connectivity index is 1.75. The molecule has 4 aliphatic rings. The maximum Gasteiger partial charge on any atom is 0.119 e. The molecule has 0 radical (unpaired) electrons. The van der Waals surface area contributed by atoms with E-state index in [0.29, 0.717) is 11.7 Å². The van der Waals surface area contributed by atoms with E-state index in [1.807, 2.05) is 13.0 Å². The summed E-state index contributed by atoms with van der Waals surface area (Å²) in [6, 6.07) is 4.13. The third-order valence-corrected chi connectivity index (χ3v) is 6.75. The van der Waals surface area contributed by atoms with E-state index in [0.717, 1.165) is 33.7 Å². The van der Waals surface area contributed by atoms with Crippen molar-refractivity contribution in [3.05, 3.63) is 27.7 Å². The van der Waals surface area contributed by atoms with Gasteiger partial charge in [-0.25, -0.2) is 0 Å². The third-order valence-electron chi connectivity index (χ3n) is 5.89. The van der Waals surface area contributed by atoms with Crippen molar-refractivity contribution < 1.29 is 5.11 Å². The maximum absolute atomic E-state index is 10.4. The van der Waals surface area contributed by atoms with Gasteiger partial charge in [-0.15, -0.1) is 0 Å². The van der Waals surface area contributed by atoms with Gasteiger partial charge in [-0.3, -0.25) is 0 Å². The van der Waals surface area contributed by atoms with Gasteiger partial charge in [-0.05, 0) is 91.9 Å². The SMILES string of the molecule is Cc1cc(O)c(C2C3CC4CC(C3)CC2C4)cc1Br. The molecule has 0 amide bonds. The monoisotopic (exact) mass is 320 g/mol. The molecule has 4 fully saturated rings. The van der Waals surface area contributed by atoms with Crippen molar-refractivity contribution in [1.29, 1.82) is 0 Å². The van der Waals surface area contributed by atoms with E-state index in [4.69, 9.17) is 0 Å². The molecule has 0 spiro atoms. The largest absolute Gasteiger partial charge is 0.508 e. The molecular formula is C17H21BrO. The summed E-state index contributed by atoms with van der Waals surface area (Å²) in [6.45, 7) is 2.05. The van der Waals surface area contributed by atoms with Crippen molar-refractivity contribution in [3.63, 3.8) is 0 Å². The van der Waals surface area contributed by atoms with Crippen LogP contribution in [-0.4, -0.2) is 5.11 Å². The average Bonchev–Trinajstić information content (AvgIpc) is 2.34. The fourth-order valence-electron chi connectivity index (χ4n) is 5.38. The predicted molar refractivity (Wildman–Crippen MR) is 80.3 cm³/mol. The molecule has 4 saturated carbocycles. The summed E-state index contributed by atoms with van der Waals surface area (Å²) < 4.78 is 1.15. The highest BCUT2D eigenvalue weighted by Gasteiger charge is 2.49. The molecule has 1 aromatic rings. The summed E-state index contributed by atoms with van der Waals surface area (Å²) in [5.74, 6) is 4.79. The van der Waals surface area contributed by atoms with Gasteiger partial charge in [-0.2, -0.15) is 0 Å². The van der Waals surface area contributed by atoms with E-state index in [1.165, 1.54) is 37.7 Å². The Hall–Kier alpha value is -0.500. The molecule has 0 saturated heterocycles. The van der Waals surface area contributed by atoms with Crippen LogP contribution in [0, 0.1) is 30.6 Å². The minimum absolute atomic E-state index is 0.526. The highest BCUT2D eigenvalue weighted by Crippen LogP contribution is 2.60. The second kappa shape index (κ2) is 4.25. The Labute approximate surface area is 123 Å². The number of aromatic hydroxyl groups is 1. The summed E-state index contributed by atoms with van der Waals surface area (Å²) in [4.78, 5) is 0. The third kappa shape index (κ3) is 1.86. The molecule has 0 unspecified atom stereocenters. The van der Waals surface area contributed by atoms with E-state index in [-0.39, 0.29) is 0 Å². The number of benzene rings is 1. The first-order chi connectivity index (χ1) is 9.11. The molecule has 0 atom stereocenters. The summed E-state index contributed by atoms with van der Waals surface area (Å²) in [7, 11) is 0. The van der Waals surface area contributed by atoms with Crippen LogP contribution in [0.15, 0.2) is 16.6 Å². The van der Waals surface area contributed by atoms with Gasteiger partial charge in [-0.1, -0.05) is 15.9 Å². The Morgan fingerprint density at radius 2 is 1.58 bits per heavy atom. The standard InChI is InChI=1S/C17H21BrO/c1-9-2-16(19)14(8-15(9)18)17-12-4-10-3-11(6-12)7-13(17)5-10/h2,8,10-13,17,19H,3-7H2,1H3. The van der Waals surface area contributed by atoms with Crippen molar-refractivity contribution in [3.8, 4) is 5.75 Å². The molecule has 0 aromatic heterocycles. The van der Waals surface area contributed by atoms with Crippen LogP contribution in [0.1, 0.15) is 49.1 Å². The number of rotatable bonds is 1. The maximum atomic E-state index is 10.4. The normalized spacial score (nSPS) is 39.8. The van der Waals surface area contributed by atoms with Crippen LogP contribution in [0.3, 0.4) is 0 Å². The second-order valence-electron chi connectivity index (χ2n) is 7.12.